The van der Waals surface area contributed by atoms with Gasteiger partial charge in [0.2, 0.25) is 0 Å². The van der Waals surface area contributed by atoms with Crippen LogP contribution in [0.1, 0.15) is 32.3 Å². The van der Waals surface area contributed by atoms with Crippen LogP contribution in [0, 0.1) is 0 Å². The molecule has 0 saturated heterocycles. The summed E-state index contributed by atoms with van der Waals surface area (Å²) in [5, 5.41) is 0. The van der Waals surface area contributed by atoms with Gasteiger partial charge >= 0.3 is 0 Å². The molecule has 2 rings (SSSR count). The van der Waals surface area contributed by atoms with Crippen LogP contribution in [0.5, 0.6) is 0 Å². The fraction of sp³-hybridized carbons (Fsp3) is 0.286. The Kier molecular flexibility index (Phi) is 4.77. The van der Waals surface area contributed by atoms with Crippen molar-refractivity contribution in [2.24, 2.45) is 0 Å². The average molecular weight is 219 g/mol. The lowest BCUT2D eigenvalue weighted by Crippen LogP contribution is -1.91. The largest absolute Gasteiger partial charge is 0.399 e. The molecule has 2 N–H and O–H groups in total. The third-order valence-corrected chi connectivity index (χ3v) is 2.28. The third kappa shape index (κ3) is 3.23. The summed E-state index contributed by atoms with van der Waals surface area (Å²) in [6.45, 7) is 4.00. The van der Waals surface area contributed by atoms with E-state index in [4.69, 9.17) is 5.73 Å². The van der Waals surface area contributed by atoms with E-state index in [1.165, 1.54) is 0 Å². The Morgan fingerprint density at radius 3 is 2.62 bits per heavy atom. The number of benzene rings is 1. The number of nitrogens with two attached hydrogens (primary N) is 1. The first kappa shape index (κ1) is 12.5. The lowest BCUT2D eigenvalue weighted by atomic mass is 9.99. The van der Waals surface area contributed by atoms with Crippen LogP contribution in [0.3, 0.4) is 0 Å². The molecule has 0 atom stereocenters. The van der Waals surface area contributed by atoms with Crippen LogP contribution in [0.15, 0.2) is 42.2 Å². The van der Waals surface area contributed by atoms with Crippen LogP contribution in [0.4, 0.5) is 10.1 Å². The minimum atomic E-state index is -0.0510. The Bertz CT molecular complexity index is 405. The van der Waals surface area contributed by atoms with Crippen molar-refractivity contribution in [3.8, 4) is 0 Å². The fourth-order valence-electron chi connectivity index (χ4n) is 1.58. The summed E-state index contributed by atoms with van der Waals surface area (Å²) >= 11 is 0. The van der Waals surface area contributed by atoms with Gasteiger partial charge in [0.1, 0.15) is 5.83 Å². The molecule has 0 saturated carbocycles. The van der Waals surface area contributed by atoms with Gasteiger partial charge in [-0.1, -0.05) is 32.1 Å². The topological polar surface area (TPSA) is 26.0 Å². The maximum absolute atomic E-state index is 13.0. The lowest BCUT2D eigenvalue weighted by molar-refractivity contribution is 0.589. The van der Waals surface area contributed by atoms with Crippen LogP contribution in [-0.4, -0.2) is 0 Å². The van der Waals surface area contributed by atoms with Crippen molar-refractivity contribution in [3.63, 3.8) is 0 Å². The first-order valence-corrected chi connectivity index (χ1v) is 5.68. The van der Waals surface area contributed by atoms with Gasteiger partial charge in [0.15, 0.2) is 0 Å². The SMILES string of the molecule is CC.Nc1cccc(C2=CCCC(F)=C2)c1. The van der Waals surface area contributed by atoms with E-state index in [9.17, 15) is 4.39 Å². The molecule has 1 aromatic rings. The van der Waals surface area contributed by atoms with E-state index in [0.717, 1.165) is 17.6 Å². The molecule has 0 unspecified atom stereocenters. The molecule has 0 radical (unpaired) electrons. The Morgan fingerprint density at radius 2 is 2.00 bits per heavy atom. The Hall–Kier alpha value is -1.57. The van der Waals surface area contributed by atoms with Gasteiger partial charge in [-0.25, -0.2) is 4.39 Å². The van der Waals surface area contributed by atoms with Gasteiger partial charge in [-0.2, -0.15) is 0 Å². The Morgan fingerprint density at radius 1 is 1.25 bits per heavy atom. The number of hydrogen-bond acceptors (Lipinski definition) is 1. The molecule has 1 nitrogen and oxygen atoms in total. The van der Waals surface area contributed by atoms with Crippen LogP contribution in [-0.2, 0) is 0 Å². The van der Waals surface area contributed by atoms with E-state index in [0.29, 0.717) is 12.1 Å². The molecule has 0 fully saturated rings. The molecule has 86 valence electrons. The molecular weight excluding hydrogens is 201 g/mol. The van der Waals surface area contributed by atoms with Gasteiger partial charge in [-0.15, -0.1) is 0 Å². The summed E-state index contributed by atoms with van der Waals surface area (Å²) in [4.78, 5) is 0. The van der Waals surface area contributed by atoms with Gasteiger partial charge in [-0.05, 0) is 35.8 Å². The van der Waals surface area contributed by atoms with Crippen LogP contribution < -0.4 is 5.73 Å². The second-order valence-corrected chi connectivity index (χ2v) is 3.41. The van der Waals surface area contributed by atoms with E-state index in [1.807, 2.05) is 44.2 Å². The molecule has 16 heavy (non-hydrogen) atoms. The molecule has 0 aliphatic heterocycles. The van der Waals surface area contributed by atoms with Crippen LogP contribution >= 0.6 is 0 Å². The number of halogens is 1. The molecule has 0 aromatic heterocycles. The minimum Gasteiger partial charge on any atom is -0.399 e. The van der Waals surface area contributed by atoms with Crippen molar-refractivity contribution in [2.45, 2.75) is 26.7 Å². The number of nitrogen functional groups attached to an aromatic ring is 1. The van der Waals surface area contributed by atoms with Crippen LogP contribution in [0.2, 0.25) is 0 Å². The first-order chi connectivity index (χ1) is 7.75. The molecular formula is C14H18FN. The van der Waals surface area contributed by atoms with Crippen LogP contribution in [0.25, 0.3) is 5.57 Å². The number of hydrogen-bond donors (Lipinski definition) is 1. The second-order valence-electron chi connectivity index (χ2n) is 3.41. The molecule has 2 heteroatoms. The maximum Gasteiger partial charge on any atom is 0.101 e. The van der Waals surface area contributed by atoms with E-state index in [1.54, 1.807) is 6.08 Å². The molecule has 1 aromatic carbocycles. The highest BCUT2D eigenvalue weighted by Gasteiger charge is 2.06. The van der Waals surface area contributed by atoms with Gasteiger partial charge < -0.3 is 5.73 Å². The summed E-state index contributed by atoms with van der Waals surface area (Å²) in [6, 6.07) is 7.51. The highest BCUT2D eigenvalue weighted by Crippen LogP contribution is 2.26. The monoisotopic (exact) mass is 219 g/mol. The van der Waals surface area contributed by atoms with E-state index in [-0.39, 0.29) is 5.83 Å². The van der Waals surface area contributed by atoms with Crippen molar-refractivity contribution in [2.75, 3.05) is 5.73 Å². The maximum atomic E-state index is 13.0. The first-order valence-electron chi connectivity index (χ1n) is 5.68. The summed E-state index contributed by atoms with van der Waals surface area (Å²) in [5.41, 5.74) is 8.29. The zero-order valence-corrected chi connectivity index (χ0v) is 9.83. The highest BCUT2D eigenvalue weighted by molar-refractivity contribution is 5.76. The van der Waals surface area contributed by atoms with Crippen molar-refractivity contribution in [1.82, 2.24) is 0 Å². The molecule has 0 bridgehead atoms. The molecule has 0 heterocycles. The van der Waals surface area contributed by atoms with E-state index >= 15 is 0 Å². The normalized spacial score (nSPS) is 14.4. The van der Waals surface area contributed by atoms with Gasteiger partial charge in [-0.3, -0.25) is 0 Å². The zero-order valence-electron chi connectivity index (χ0n) is 9.83. The number of anilines is 1. The van der Waals surface area contributed by atoms with Gasteiger partial charge in [0.05, 0.1) is 0 Å². The highest BCUT2D eigenvalue weighted by atomic mass is 19.1. The van der Waals surface area contributed by atoms with Gasteiger partial charge in [0.25, 0.3) is 0 Å². The average Bonchev–Trinajstić information content (AvgIpc) is 2.32. The number of rotatable bonds is 1. The van der Waals surface area contributed by atoms with E-state index < -0.39 is 0 Å². The van der Waals surface area contributed by atoms with Crippen molar-refractivity contribution in [1.29, 1.82) is 0 Å². The lowest BCUT2D eigenvalue weighted by Gasteiger charge is -2.09. The predicted octanol–water partition coefficient (Wildman–Crippen LogP) is 4.33. The van der Waals surface area contributed by atoms with E-state index in [2.05, 4.69) is 0 Å². The van der Waals surface area contributed by atoms with Crippen molar-refractivity contribution in [3.05, 3.63) is 47.8 Å². The summed E-state index contributed by atoms with van der Waals surface area (Å²) in [5.74, 6) is -0.0510. The quantitative estimate of drug-likeness (QED) is 0.699. The fourth-order valence-corrected chi connectivity index (χ4v) is 1.58. The molecule has 1 aliphatic rings. The molecule has 0 amide bonds. The van der Waals surface area contributed by atoms with Crippen molar-refractivity contribution >= 4 is 11.3 Å². The predicted molar refractivity (Wildman–Crippen MR) is 68.6 cm³/mol. The second kappa shape index (κ2) is 6.11. The zero-order chi connectivity index (χ0) is 12.0. The summed E-state index contributed by atoms with van der Waals surface area (Å²) < 4.78 is 13.0. The number of allylic oxidation sites excluding steroid dienone is 4. The smallest absolute Gasteiger partial charge is 0.101 e. The molecule has 0 spiro atoms. The third-order valence-electron chi connectivity index (χ3n) is 2.28. The van der Waals surface area contributed by atoms with Crippen molar-refractivity contribution < 1.29 is 4.39 Å². The minimum absolute atomic E-state index is 0.0510. The molecule has 1 aliphatic carbocycles. The Balaban J connectivity index is 0.000000606. The standard InChI is InChI=1S/C12H12FN.C2H6/c13-11-5-1-3-9(7-11)10-4-2-6-12(14)8-10;1-2/h2-4,6-8H,1,5,14H2;1-2H3. The summed E-state index contributed by atoms with van der Waals surface area (Å²) in [7, 11) is 0. The van der Waals surface area contributed by atoms with Gasteiger partial charge in [0, 0.05) is 12.1 Å². The summed E-state index contributed by atoms with van der Waals surface area (Å²) in [6.07, 6.45) is 4.91. The Labute approximate surface area is 96.5 Å².